The summed E-state index contributed by atoms with van der Waals surface area (Å²) in [5.74, 6) is 4.00. The maximum absolute atomic E-state index is 6.03. The summed E-state index contributed by atoms with van der Waals surface area (Å²) in [6.07, 6.45) is 9.20. The second-order valence-corrected chi connectivity index (χ2v) is 8.19. The highest BCUT2D eigenvalue weighted by atomic mass is 14.6. The van der Waals surface area contributed by atoms with E-state index >= 15 is 0 Å². The average molecular weight is 235 g/mol. The smallest absolute Gasteiger partial charge is 0.00231 e. The topological polar surface area (TPSA) is 26.0 Å². The Balaban J connectivity index is 1.86. The van der Waals surface area contributed by atoms with E-state index in [1.54, 1.807) is 19.3 Å². The van der Waals surface area contributed by atoms with E-state index < -0.39 is 0 Å². The molecule has 4 saturated carbocycles. The molecule has 4 bridgehead atoms. The normalized spacial score (nSPS) is 46.2. The van der Waals surface area contributed by atoms with Crippen LogP contribution in [0, 0.1) is 34.5 Å². The Morgan fingerprint density at radius 2 is 1.47 bits per heavy atom. The lowest BCUT2D eigenvalue weighted by Crippen LogP contribution is -2.53. The molecule has 0 heterocycles. The van der Waals surface area contributed by atoms with Crippen LogP contribution in [0.15, 0.2) is 0 Å². The van der Waals surface area contributed by atoms with Crippen LogP contribution in [0.25, 0.3) is 0 Å². The first kappa shape index (κ1) is 12.0. The molecule has 2 N–H and O–H groups in total. The minimum atomic E-state index is 0.325. The Morgan fingerprint density at radius 1 is 1.06 bits per heavy atom. The van der Waals surface area contributed by atoms with Crippen LogP contribution in [0.3, 0.4) is 0 Å². The SMILES string of the molecule is CC(C(C)(C)CN)C12CC3CC(CC(C3)C1)C2. The van der Waals surface area contributed by atoms with Gasteiger partial charge in [-0.3, -0.25) is 0 Å². The van der Waals surface area contributed by atoms with Crippen LogP contribution >= 0.6 is 0 Å². The third-order valence-electron chi connectivity index (χ3n) is 6.70. The van der Waals surface area contributed by atoms with Gasteiger partial charge in [-0.2, -0.15) is 0 Å². The molecule has 4 aliphatic carbocycles. The van der Waals surface area contributed by atoms with Gasteiger partial charge < -0.3 is 5.73 Å². The summed E-state index contributed by atoms with van der Waals surface area (Å²) in [4.78, 5) is 0. The molecule has 98 valence electrons. The predicted octanol–water partition coefficient (Wildman–Crippen LogP) is 3.82. The Kier molecular flexibility index (Phi) is 2.63. The van der Waals surface area contributed by atoms with Gasteiger partial charge in [-0.15, -0.1) is 0 Å². The summed E-state index contributed by atoms with van der Waals surface area (Å²) in [7, 11) is 0. The van der Waals surface area contributed by atoms with Crippen molar-refractivity contribution in [2.75, 3.05) is 6.54 Å². The van der Waals surface area contributed by atoms with Gasteiger partial charge in [-0.1, -0.05) is 20.8 Å². The number of hydrogen-bond acceptors (Lipinski definition) is 1. The molecule has 4 aliphatic rings. The molecule has 0 aromatic heterocycles. The van der Waals surface area contributed by atoms with E-state index in [1.165, 1.54) is 19.3 Å². The summed E-state index contributed by atoms with van der Waals surface area (Å²) in [5.41, 5.74) is 7.02. The fourth-order valence-electron chi connectivity index (χ4n) is 5.71. The van der Waals surface area contributed by atoms with Crippen LogP contribution in [-0.2, 0) is 0 Å². The van der Waals surface area contributed by atoms with Crippen molar-refractivity contribution in [1.29, 1.82) is 0 Å². The molecule has 1 atom stereocenters. The van der Waals surface area contributed by atoms with E-state index in [1.807, 2.05) is 0 Å². The lowest BCUT2D eigenvalue weighted by atomic mass is 9.44. The van der Waals surface area contributed by atoms with Gasteiger partial charge in [0.15, 0.2) is 0 Å². The fraction of sp³-hybridized carbons (Fsp3) is 1.00. The molecule has 1 heteroatoms. The first-order chi connectivity index (χ1) is 7.95. The van der Waals surface area contributed by atoms with Crippen molar-refractivity contribution in [2.45, 2.75) is 59.3 Å². The molecular weight excluding hydrogens is 206 g/mol. The number of rotatable bonds is 3. The highest BCUT2D eigenvalue weighted by Gasteiger charge is 2.55. The molecule has 0 aliphatic heterocycles. The monoisotopic (exact) mass is 235 g/mol. The molecule has 1 unspecified atom stereocenters. The third kappa shape index (κ3) is 1.77. The minimum absolute atomic E-state index is 0.325. The summed E-state index contributed by atoms with van der Waals surface area (Å²) in [6.45, 7) is 8.11. The highest BCUT2D eigenvalue weighted by Crippen LogP contribution is 2.64. The zero-order valence-corrected chi connectivity index (χ0v) is 11.8. The standard InChI is InChI=1S/C16H29N/c1-11(15(2,3)10-17)16-7-12-4-13(8-16)6-14(5-12)9-16/h11-14H,4-10,17H2,1-3H3. The molecule has 1 nitrogen and oxygen atoms in total. The van der Waals surface area contributed by atoms with Gasteiger partial charge in [-0.05, 0) is 79.6 Å². The second kappa shape index (κ2) is 3.73. The molecule has 4 fully saturated rings. The molecule has 17 heavy (non-hydrogen) atoms. The predicted molar refractivity (Wildman–Crippen MR) is 72.6 cm³/mol. The van der Waals surface area contributed by atoms with Crippen LogP contribution in [0.5, 0.6) is 0 Å². The van der Waals surface area contributed by atoms with Crippen molar-refractivity contribution in [3.63, 3.8) is 0 Å². The van der Waals surface area contributed by atoms with Crippen LogP contribution in [0.2, 0.25) is 0 Å². The molecule has 0 radical (unpaired) electrons. The molecular formula is C16H29N. The summed E-state index contributed by atoms with van der Waals surface area (Å²) in [6, 6.07) is 0. The van der Waals surface area contributed by atoms with Gasteiger partial charge >= 0.3 is 0 Å². The van der Waals surface area contributed by atoms with Gasteiger partial charge in [0, 0.05) is 0 Å². The lowest BCUT2D eigenvalue weighted by molar-refractivity contribution is -0.109. The van der Waals surface area contributed by atoms with Crippen molar-refractivity contribution >= 4 is 0 Å². The van der Waals surface area contributed by atoms with Crippen molar-refractivity contribution in [3.8, 4) is 0 Å². The fourth-order valence-corrected chi connectivity index (χ4v) is 5.71. The third-order valence-corrected chi connectivity index (χ3v) is 6.70. The van der Waals surface area contributed by atoms with Crippen molar-refractivity contribution in [3.05, 3.63) is 0 Å². The van der Waals surface area contributed by atoms with Gasteiger partial charge in [0.2, 0.25) is 0 Å². The van der Waals surface area contributed by atoms with E-state index in [0.29, 0.717) is 10.8 Å². The largest absolute Gasteiger partial charge is 0.330 e. The van der Waals surface area contributed by atoms with Crippen molar-refractivity contribution in [1.82, 2.24) is 0 Å². The second-order valence-electron chi connectivity index (χ2n) is 8.19. The maximum Gasteiger partial charge on any atom is -0.00231 e. The van der Waals surface area contributed by atoms with E-state index in [0.717, 1.165) is 30.2 Å². The number of hydrogen-bond donors (Lipinski definition) is 1. The highest BCUT2D eigenvalue weighted by molar-refractivity contribution is 5.05. The molecule has 4 rings (SSSR count). The molecule has 0 aromatic rings. The van der Waals surface area contributed by atoms with E-state index in [-0.39, 0.29) is 0 Å². The lowest BCUT2D eigenvalue weighted by Gasteiger charge is -2.61. The molecule has 0 spiro atoms. The van der Waals surface area contributed by atoms with Crippen LogP contribution in [0.1, 0.15) is 59.3 Å². The maximum atomic E-state index is 6.03. The van der Waals surface area contributed by atoms with Crippen molar-refractivity contribution in [2.24, 2.45) is 40.2 Å². The summed E-state index contributed by atoms with van der Waals surface area (Å²) >= 11 is 0. The Bertz CT molecular complexity index is 269. The van der Waals surface area contributed by atoms with E-state index in [4.69, 9.17) is 5.73 Å². The summed E-state index contributed by atoms with van der Waals surface area (Å²) < 4.78 is 0. The molecule has 0 amide bonds. The van der Waals surface area contributed by atoms with Crippen LogP contribution in [-0.4, -0.2) is 6.54 Å². The van der Waals surface area contributed by atoms with Gasteiger partial charge in [0.05, 0.1) is 0 Å². The zero-order chi connectivity index (χ0) is 12.3. The van der Waals surface area contributed by atoms with Crippen LogP contribution < -0.4 is 5.73 Å². The number of nitrogens with two attached hydrogens (primary N) is 1. The quantitative estimate of drug-likeness (QED) is 0.790. The van der Waals surface area contributed by atoms with Crippen LogP contribution in [0.4, 0.5) is 0 Å². The van der Waals surface area contributed by atoms with Gasteiger partial charge in [-0.25, -0.2) is 0 Å². The van der Waals surface area contributed by atoms with Gasteiger partial charge in [0.25, 0.3) is 0 Å². The Morgan fingerprint density at radius 3 is 1.82 bits per heavy atom. The first-order valence-corrected chi connectivity index (χ1v) is 7.65. The van der Waals surface area contributed by atoms with Gasteiger partial charge in [0.1, 0.15) is 0 Å². The summed E-state index contributed by atoms with van der Waals surface area (Å²) in [5, 5.41) is 0. The zero-order valence-electron chi connectivity index (χ0n) is 11.8. The molecule has 0 aromatic carbocycles. The minimum Gasteiger partial charge on any atom is -0.330 e. The van der Waals surface area contributed by atoms with E-state index in [9.17, 15) is 0 Å². The van der Waals surface area contributed by atoms with Crippen molar-refractivity contribution < 1.29 is 0 Å². The Labute approximate surface area is 107 Å². The molecule has 0 saturated heterocycles. The van der Waals surface area contributed by atoms with E-state index in [2.05, 4.69) is 20.8 Å². The first-order valence-electron chi connectivity index (χ1n) is 7.65. The Hall–Kier alpha value is -0.0400. The average Bonchev–Trinajstić information content (AvgIpc) is 2.26.